The van der Waals surface area contributed by atoms with Gasteiger partial charge in [-0.2, -0.15) is 0 Å². The normalized spacial score (nSPS) is 14.1. The van der Waals surface area contributed by atoms with Gasteiger partial charge in [-0.25, -0.2) is 4.98 Å². The van der Waals surface area contributed by atoms with Gasteiger partial charge in [0.2, 0.25) is 0 Å². The number of halogens is 1. The SMILES string of the molecule is Nc1ccc2c(c1)NC(=NCc1ccc(Oc3ccc(Cl)nc3)cc1)C2. The minimum Gasteiger partial charge on any atom is -0.456 e. The fraction of sp³-hybridized carbons (Fsp3) is 0.100. The number of benzene rings is 2. The maximum absolute atomic E-state index is 5.82. The van der Waals surface area contributed by atoms with Gasteiger partial charge in [0, 0.05) is 17.8 Å². The van der Waals surface area contributed by atoms with Gasteiger partial charge in [-0.3, -0.25) is 4.99 Å². The average Bonchev–Trinajstić information content (AvgIpc) is 3.05. The summed E-state index contributed by atoms with van der Waals surface area (Å²) >= 11 is 5.77. The highest BCUT2D eigenvalue weighted by Crippen LogP contribution is 2.26. The van der Waals surface area contributed by atoms with Crippen molar-refractivity contribution < 1.29 is 4.74 Å². The number of nitrogens with two attached hydrogens (primary N) is 1. The molecule has 0 radical (unpaired) electrons. The van der Waals surface area contributed by atoms with Crippen LogP contribution in [0, 0.1) is 0 Å². The lowest BCUT2D eigenvalue weighted by Crippen LogP contribution is -2.06. The van der Waals surface area contributed by atoms with E-state index in [1.165, 1.54) is 5.56 Å². The van der Waals surface area contributed by atoms with Crippen LogP contribution in [0.3, 0.4) is 0 Å². The first kappa shape index (κ1) is 16.4. The Bertz CT molecular complexity index is 953. The van der Waals surface area contributed by atoms with E-state index < -0.39 is 0 Å². The van der Waals surface area contributed by atoms with Crippen molar-refractivity contribution in [2.75, 3.05) is 11.1 Å². The van der Waals surface area contributed by atoms with Crippen molar-refractivity contribution in [2.24, 2.45) is 4.99 Å². The fourth-order valence-electron chi connectivity index (χ4n) is 2.75. The number of aliphatic imine (C=N–C) groups is 1. The lowest BCUT2D eigenvalue weighted by Gasteiger charge is -2.06. The second-order valence-corrected chi connectivity index (χ2v) is 6.43. The van der Waals surface area contributed by atoms with E-state index in [0.717, 1.165) is 34.9 Å². The van der Waals surface area contributed by atoms with E-state index in [-0.39, 0.29) is 0 Å². The highest BCUT2D eigenvalue weighted by Gasteiger charge is 2.15. The van der Waals surface area contributed by atoms with Crippen LogP contribution in [-0.2, 0) is 13.0 Å². The quantitative estimate of drug-likeness (QED) is 0.521. The molecule has 1 aliphatic rings. The zero-order valence-electron chi connectivity index (χ0n) is 13.9. The van der Waals surface area contributed by atoms with E-state index in [1.807, 2.05) is 42.5 Å². The molecular formula is C20H17ClN4O. The number of anilines is 2. The van der Waals surface area contributed by atoms with Gasteiger partial charge in [0.25, 0.3) is 0 Å². The predicted octanol–water partition coefficient (Wildman–Crippen LogP) is 4.68. The molecule has 1 aromatic heterocycles. The maximum atomic E-state index is 5.82. The summed E-state index contributed by atoms with van der Waals surface area (Å²) < 4.78 is 5.74. The molecule has 0 spiro atoms. The lowest BCUT2D eigenvalue weighted by atomic mass is 10.1. The second-order valence-electron chi connectivity index (χ2n) is 6.04. The van der Waals surface area contributed by atoms with Crippen LogP contribution in [0.1, 0.15) is 11.1 Å². The summed E-state index contributed by atoms with van der Waals surface area (Å²) in [5.41, 5.74) is 9.94. The first-order valence-corrected chi connectivity index (χ1v) is 8.60. The summed E-state index contributed by atoms with van der Waals surface area (Å²) in [5.74, 6) is 2.35. The van der Waals surface area contributed by atoms with Crippen LogP contribution in [0.5, 0.6) is 11.5 Å². The van der Waals surface area contributed by atoms with E-state index in [4.69, 9.17) is 22.1 Å². The highest BCUT2D eigenvalue weighted by atomic mass is 35.5. The van der Waals surface area contributed by atoms with Gasteiger partial charge < -0.3 is 15.8 Å². The van der Waals surface area contributed by atoms with Crippen molar-refractivity contribution >= 4 is 28.8 Å². The van der Waals surface area contributed by atoms with Gasteiger partial charge >= 0.3 is 0 Å². The van der Waals surface area contributed by atoms with Crippen molar-refractivity contribution in [3.63, 3.8) is 0 Å². The molecule has 0 atom stereocenters. The Balaban J connectivity index is 1.38. The zero-order valence-corrected chi connectivity index (χ0v) is 14.7. The Morgan fingerprint density at radius 1 is 1.08 bits per heavy atom. The van der Waals surface area contributed by atoms with Gasteiger partial charge in [0.05, 0.1) is 12.7 Å². The third-order valence-electron chi connectivity index (χ3n) is 4.08. The Morgan fingerprint density at radius 3 is 2.65 bits per heavy atom. The second kappa shape index (κ2) is 7.06. The molecule has 130 valence electrons. The summed E-state index contributed by atoms with van der Waals surface area (Å²) in [6, 6.07) is 17.2. The first-order valence-electron chi connectivity index (χ1n) is 8.23. The number of amidine groups is 1. The number of nitrogen functional groups attached to an aromatic ring is 1. The zero-order chi connectivity index (χ0) is 17.9. The lowest BCUT2D eigenvalue weighted by molar-refractivity contribution is 0.480. The number of ether oxygens (including phenoxy) is 1. The predicted molar refractivity (Wildman–Crippen MR) is 105 cm³/mol. The number of fused-ring (bicyclic) bond motifs is 1. The van der Waals surface area contributed by atoms with Crippen LogP contribution in [-0.4, -0.2) is 10.8 Å². The van der Waals surface area contributed by atoms with Crippen molar-refractivity contribution in [2.45, 2.75) is 13.0 Å². The molecule has 0 bridgehead atoms. The fourth-order valence-corrected chi connectivity index (χ4v) is 2.86. The van der Waals surface area contributed by atoms with Crippen LogP contribution in [0.15, 0.2) is 65.8 Å². The van der Waals surface area contributed by atoms with Gasteiger partial charge in [0.1, 0.15) is 22.5 Å². The van der Waals surface area contributed by atoms with Crippen molar-refractivity contribution in [1.82, 2.24) is 4.98 Å². The molecule has 0 unspecified atom stereocenters. The van der Waals surface area contributed by atoms with Crippen molar-refractivity contribution in [3.05, 3.63) is 77.1 Å². The molecule has 0 amide bonds. The van der Waals surface area contributed by atoms with E-state index in [1.54, 1.807) is 18.3 Å². The van der Waals surface area contributed by atoms with E-state index >= 15 is 0 Å². The van der Waals surface area contributed by atoms with Crippen molar-refractivity contribution in [1.29, 1.82) is 0 Å². The standard InChI is InChI=1S/C20H17ClN4O/c21-19-8-7-17(12-23-19)26-16-5-1-13(2-6-16)11-24-20-9-14-3-4-15(22)10-18(14)25-20/h1-8,10,12H,9,11,22H2,(H,24,25). The summed E-state index contributed by atoms with van der Waals surface area (Å²) in [6.45, 7) is 0.606. The summed E-state index contributed by atoms with van der Waals surface area (Å²) in [4.78, 5) is 8.66. The number of nitrogens with one attached hydrogen (secondary N) is 1. The molecule has 26 heavy (non-hydrogen) atoms. The molecule has 0 aliphatic carbocycles. The Kier molecular flexibility index (Phi) is 4.46. The van der Waals surface area contributed by atoms with Gasteiger partial charge in [-0.05, 0) is 47.5 Å². The molecule has 2 aromatic carbocycles. The van der Waals surface area contributed by atoms with Gasteiger partial charge in [-0.1, -0.05) is 29.8 Å². The minimum absolute atomic E-state index is 0.442. The number of hydrogen-bond acceptors (Lipinski definition) is 4. The first-order chi connectivity index (χ1) is 12.7. The molecular weight excluding hydrogens is 348 g/mol. The smallest absolute Gasteiger partial charge is 0.145 e. The Labute approximate surface area is 156 Å². The highest BCUT2D eigenvalue weighted by molar-refractivity contribution is 6.29. The molecule has 1 aliphatic heterocycles. The summed E-state index contributed by atoms with van der Waals surface area (Å²) in [5, 5.41) is 3.76. The van der Waals surface area contributed by atoms with Crippen LogP contribution < -0.4 is 15.8 Å². The number of nitrogens with zero attached hydrogens (tertiary/aromatic N) is 2. The molecule has 5 nitrogen and oxygen atoms in total. The maximum Gasteiger partial charge on any atom is 0.145 e. The molecule has 3 aromatic rings. The Morgan fingerprint density at radius 2 is 1.88 bits per heavy atom. The Hall–Kier alpha value is -3.05. The van der Waals surface area contributed by atoms with E-state index in [2.05, 4.69) is 15.3 Å². The van der Waals surface area contributed by atoms with Crippen LogP contribution >= 0.6 is 11.6 Å². The molecule has 0 saturated carbocycles. The minimum atomic E-state index is 0.442. The topological polar surface area (TPSA) is 72.5 Å². The monoisotopic (exact) mass is 364 g/mol. The van der Waals surface area contributed by atoms with Crippen molar-refractivity contribution in [3.8, 4) is 11.5 Å². The average molecular weight is 365 g/mol. The van der Waals surface area contributed by atoms with Gasteiger partial charge in [0.15, 0.2) is 0 Å². The largest absolute Gasteiger partial charge is 0.456 e. The number of pyridine rings is 1. The van der Waals surface area contributed by atoms with E-state index in [9.17, 15) is 0 Å². The van der Waals surface area contributed by atoms with Crippen LogP contribution in [0.2, 0.25) is 5.15 Å². The number of rotatable bonds is 4. The van der Waals surface area contributed by atoms with Crippen LogP contribution in [0.25, 0.3) is 0 Å². The molecule has 3 N–H and O–H groups in total. The number of hydrogen-bond donors (Lipinski definition) is 2. The third-order valence-corrected chi connectivity index (χ3v) is 4.31. The molecule has 0 fully saturated rings. The summed E-state index contributed by atoms with van der Waals surface area (Å²) in [7, 11) is 0. The van der Waals surface area contributed by atoms with E-state index in [0.29, 0.717) is 17.4 Å². The molecule has 4 rings (SSSR count). The van der Waals surface area contributed by atoms with Crippen LogP contribution in [0.4, 0.5) is 11.4 Å². The van der Waals surface area contributed by atoms with Gasteiger partial charge in [-0.15, -0.1) is 0 Å². The molecule has 6 heteroatoms. The molecule has 2 heterocycles. The third kappa shape index (κ3) is 3.78. The number of aromatic nitrogens is 1. The summed E-state index contributed by atoms with van der Waals surface area (Å²) in [6.07, 6.45) is 2.40. The molecule has 0 saturated heterocycles.